The number of pyridine rings is 1. The SMILES string of the molecule is CC(=O)N1[C@@H]2CC[C@H]1CC(NCc1ccc(Oc3nc4ncccc4s3)cc1)C2. The normalized spacial score (nSPS) is 23.5. The first-order valence-electron chi connectivity index (χ1n) is 10.2. The van der Waals surface area contributed by atoms with Gasteiger partial charge >= 0.3 is 0 Å². The van der Waals surface area contributed by atoms with Crippen molar-refractivity contribution >= 4 is 27.6 Å². The lowest BCUT2D eigenvalue weighted by Gasteiger charge is -2.38. The molecule has 2 aliphatic rings. The number of hydrogen-bond donors (Lipinski definition) is 1. The van der Waals surface area contributed by atoms with Crippen LogP contribution in [0.25, 0.3) is 10.3 Å². The molecule has 0 aliphatic carbocycles. The number of nitrogens with zero attached hydrogens (tertiary/aromatic N) is 3. The first kappa shape index (κ1) is 18.5. The zero-order valence-corrected chi connectivity index (χ0v) is 17.2. The molecular weight excluding hydrogens is 384 g/mol. The van der Waals surface area contributed by atoms with Gasteiger partial charge in [-0.1, -0.05) is 23.5 Å². The minimum Gasteiger partial charge on any atom is -0.431 e. The van der Waals surface area contributed by atoms with Crippen LogP contribution >= 0.6 is 11.3 Å². The van der Waals surface area contributed by atoms with Crippen molar-refractivity contribution in [1.82, 2.24) is 20.2 Å². The Morgan fingerprint density at radius 1 is 1.21 bits per heavy atom. The Kier molecular flexibility index (Phi) is 4.93. The largest absolute Gasteiger partial charge is 0.431 e. The van der Waals surface area contributed by atoms with Crippen LogP contribution in [0.5, 0.6) is 10.9 Å². The summed E-state index contributed by atoms with van der Waals surface area (Å²) in [6.45, 7) is 2.53. The van der Waals surface area contributed by atoms with Crippen LogP contribution in [0.3, 0.4) is 0 Å². The third kappa shape index (κ3) is 3.84. The number of nitrogens with one attached hydrogen (secondary N) is 1. The van der Waals surface area contributed by atoms with E-state index in [1.165, 1.54) is 16.9 Å². The minimum absolute atomic E-state index is 0.232. The van der Waals surface area contributed by atoms with Crippen LogP contribution in [0.2, 0.25) is 0 Å². The van der Waals surface area contributed by atoms with Crippen LogP contribution in [0.1, 0.15) is 38.2 Å². The Morgan fingerprint density at radius 2 is 1.97 bits per heavy atom. The molecule has 0 radical (unpaired) electrons. The van der Waals surface area contributed by atoms with Crippen LogP contribution in [0.4, 0.5) is 0 Å². The number of carbonyl (C=O) groups is 1. The Balaban J connectivity index is 1.17. The second kappa shape index (κ2) is 7.72. The van der Waals surface area contributed by atoms with Crippen LogP contribution in [-0.2, 0) is 11.3 Å². The van der Waals surface area contributed by atoms with Gasteiger partial charge in [0.25, 0.3) is 5.19 Å². The molecule has 0 saturated carbocycles. The van der Waals surface area contributed by atoms with E-state index in [0.717, 1.165) is 48.3 Å². The van der Waals surface area contributed by atoms with Gasteiger partial charge in [-0.2, -0.15) is 4.98 Å². The highest BCUT2D eigenvalue weighted by Crippen LogP contribution is 2.36. The van der Waals surface area contributed by atoms with E-state index in [-0.39, 0.29) is 5.91 Å². The van der Waals surface area contributed by atoms with Crippen molar-refractivity contribution in [2.24, 2.45) is 0 Å². The first-order valence-corrected chi connectivity index (χ1v) is 11.0. The standard InChI is InChI=1S/C22H24N4O2S/c1-14(27)26-17-6-7-18(26)12-16(11-17)24-13-15-4-8-19(9-5-15)28-22-25-21-20(29-22)3-2-10-23-21/h2-5,8-10,16-18,24H,6-7,11-13H2,1H3/t16?,17-,18+. The smallest absolute Gasteiger partial charge is 0.281 e. The lowest BCUT2D eigenvalue weighted by molar-refractivity contribution is -0.133. The number of hydrogen-bond acceptors (Lipinski definition) is 6. The summed E-state index contributed by atoms with van der Waals surface area (Å²) in [5.74, 6) is 1.01. The first-order chi connectivity index (χ1) is 14.2. The van der Waals surface area contributed by atoms with Crippen molar-refractivity contribution in [1.29, 1.82) is 0 Å². The van der Waals surface area contributed by atoms with Crippen LogP contribution < -0.4 is 10.1 Å². The molecule has 2 bridgehead atoms. The van der Waals surface area contributed by atoms with Crippen molar-refractivity contribution in [3.63, 3.8) is 0 Å². The van der Waals surface area contributed by atoms with Gasteiger partial charge in [0.15, 0.2) is 5.65 Å². The van der Waals surface area contributed by atoms with E-state index in [9.17, 15) is 4.79 Å². The van der Waals surface area contributed by atoms with E-state index in [0.29, 0.717) is 23.3 Å². The van der Waals surface area contributed by atoms with Crippen molar-refractivity contribution in [3.8, 4) is 10.9 Å². The highest BCUT2D eigenvalue weighted by molar-refractivity contribution is 7.20. The number of piperidine rings is 1. The Labute approximate surface area is 173 Å². The van der Waals surface area contributed by atoms with Gasteiger partial charge in [-0.25, -0.2) is 4.98 Å². The fourth-order valence-corrected chi connectivity index (χ4v) is 5.48. The number of rotatable bonds is 5. The zero-order chi connectivity index (χ0) is 19.8. The molecule has 7 heteroatoms. The number of amides is 1. The molecule has 150 valence electrons. The van der Waals surface area contributed by atoms with Crippen molar-refractivity contribution in [2.75, 3.05) is 0 Å². The van der Waals surface area contributed by atoms with Gasteiger partial charge in [0.2, 0.25) is 5.91 Å². The monoisotopic (exact) mass is 408 g/mol. The van der Waals surface area contributed by atoms with Gasteiger partial charge in [-0.15, -0.1) is 0 Å². The molecule has 1 unspecified atom stereocenters. The average molecular weight is 409 g/mol. The highest BCUT2D eigenvalue weighted by Gasteiger charge is 2.41. The van der Waals surface area contributed by atoms with Crippen LogP contribution in [0, 0.1) is 0 Å². The molecule has 1 N–H and O–H groups in total. The lowest BCUT2D eigenvalue weighted by Crippen LogP contribution is -2.50. The number of ether oxygens (including phenoxy) is 1. The van der Waals surface area contributed by atoms with Gasteiger partial charge in [0.1, 0.15) is 5.75 Å². The third-order valence-electron chi connectivity index (χ3n) is 5.97. The van der Waals surface area contributed by atoms with E-state index >= 15 is 0 Å². The molecule has 1 amide bonds. The van der Waals surface area contributed by atoms with E-state index in [1.807, 2.05) is 24.3 Å². The lowest BCUT2D eigenvalue weighted by atomic mass is 9.97. The quantitative estimate of drug-likeness (QED) is 0.688. The Bertz CT molecular complexity index is 972. The second-order valence-electron chi connectivity index (χ2n) is 7.91. The molecule has 4 heterocycles. The Morgan fingerprint density at radius 3 is 2.66 bits per heavy atom. The maximum absolute atomic E-state index is 11.8. The summed E-state index contributed by atoms with van der Waals surface area (Å²) in [6.07, 6.45) is 6.15. The number of fused-ring (bicyclic) bond motifs is 3. The van der Waals surface area contributed by atoms with E-state index < -0.39 is 0 Å². The predicted molar refractivity (Wildman–Crippen MR) is 113 cm³/mol. The van der Waals surface area contributed by atoms with Gasteiger partial charge in [-0.05, 0) is 55.5 Å². The fraction of sp³-hybridized carbons (Fsp3) is 0.409. The van der Waals surface area contributed by atoms with Crippen LogP contribution in [0.15, 0.2) is 42.6 Å². The molecule has 2 aliphatic heterocycles. The molecule has 3 aromatic rings. The summed E-state index contributed by atoms with van der Waals surface area (Å²) in [5, 5.41) is 4.30. The number of benzene rings is 1. The molecule has 0 spiro atoms. The maximum Gasteiger partial charge on any atom is 0.281 e. The average Bonchev–Trinajstić information content (AvgIpc) is 3.25. The van der Waals surface area contributed by atoms with Crippen LogP contribution in [-0.4, -0.2) is 38.9 Å². The van der Waals surface area contributed by atoms with Crippen molar-refractivity contribution in [3.05, 3.63) is 48.2 Å². The topological polar surface area (TPSA) is 67.4 Å². The molecule has 2 aromatic heterocycles. The maximum atomic E-state index is 11.8. The van der Waals surface area contributed by atoms with Gasteiger partial charge < -0.3 is 15.0 Å². The van der Waals surface area contributed by atoms with Gasteiger partial charge in [0.05, 0.1) is 4.70 Å². The molecule has 2 fully saturated rings. The summed E-state index contributed by atoms with van der Waals surface area (Å²) in [4.78, 5) is 22.6. The molecule has 29 heavy (non-hydrogen) atoms. The second-order valence-corrected chi connectivity index (χ2v) is 8.90. The number of aromatic nitrogens is 2. The van der Waals surface area contributed by atoms with E-state index in [1.54, 1.807) is 13.1 Å². The molecule has 1 aromatic carbocycles. The van der Waals surface area contributed by atoms with E-state index in [2.05, 4.69) is 32.3 Å². The summed E-state index contributed by atoms with van der Waals surface area (Å²) in [5.41, 5.74) is 1.95. The summed E-state index contributed by atoms with van der Waals surface area (Å²) >= 11 is 1.50. The zero-order valence-electron chi connectivity index (χ0n) is 16.4. The fourth-order valence-electron chi connectivity index (χ4n) is 4.69. The third-order valence-corrected chi connectivity index (χ3v) is 6.85. The predicted octanol–water partition coefficient (Wildman–Crippen LogP) is 4.12. The molecule has 6 nitrogen and oxygen atoms in total. The minimum atomic E-state index is 0.232. The highest BCUT2D eigenvalue weighted by atomic mass is 32.1. The molecule has 2 saturated heterocycles. The summed E-state index contributed by atoms with van der Waals surface area (Å²) in [6, 6.07) is 13.4. The molecule has 3 atom stereocenters. The van der Waals surface area contributed by atoms with Gasteiger partial charge in [-0.3, -0.25) is 4.79 Å². The van der Waals surface area contributed by atoms with Crippen molar-refractivity contribution in [2.45, 2.75) is 57.3 Å². The van der Waals surface area contributed by atoms with E-state index in [4.69, 9.17) is 4.74 Å². The molecular formula is C22H24N4O2S. The summed E-state index contributed by atoms with van der Waals surface area (Å²) in [7, 11) is 0. The number of thiazole rings is 1. The number of carbonyl (C=O) groups excluding carboxylic acids is 1. The van der Waals surface area contributed by atoms with Crippen molar-refractivity contribution < 1.29 is 9.53 Å². The summed E-state index contributed by atoms with van der Waals surface area (Å²) < 4.78 is 6.91. The van der Waals surface area contributed by atoms with Gasteiger partial charge in [0, 0.05) is 37.8 Å². The molecule has 5 rings (SSSR count). The Hall–Kier alpha value is -2.51.